The number of Topliss-reactive ketones (excluding diaryl/α,β-unsaturated/α-hetero) is 1. The van der Waals surface area contributed by atoms with E-state index in [1.807, 2.05) is 13.8 Å². The minimum atomic E-state index is -0.239. The maximum absolute atomic E-state index is 11.1. The van der Waals surface area contributed by atoms with E-state index in [-0.39, 0.29) is 30.2 Å². The minimum absolute atomic E-state index is 0.0257. The van der Waals surface area contributed by atoms with E-state index in [1.54, 1.807) is 13.8 Å². The Morgan fingerprint density at radius 1 is 1.08 bits per heavy atom. The summed E-state index contributed by atoms with van der Waals surface area (Å²) in [5.41, 5.74) is 0. The summed E-state index contributed by atoms with van der Waals surface area (Å²) >= 11 is 0. The highest BCUT2D eigenvalue weighted by Crippen LogP contribution is 2.01. The molecule has 0 fully saturated rings. The second-order valence-electron chi connectivity index (χ2n) is 3.69. The van der Waals surface area contributed by atoms with Crippen LogP contribution < -0.4 is 0 Å². The summed E-state index contributed by atoms with van der Waals surface area (Å²) in [7, 11) is 0. The van der Waals surface area contributed by atoms with Crippen molar-refractivity contribution in [2.75, 3.05) is 6.61 Å². The van der Waals surface area contributed by atoms with Gasteiger partial charge in [0, 0.05) is 12.3 Å². The molecule has 0 aliphatic carbocycles. The number of hydrogen-bond donors (Lipinski definition) is 0. The Morgan fingerprint density at radius 3 is 2.00 bits per heavy atom. The fraction of sp³-hybridized carbons (Fsp3) is 0.800. The third kappa shape index (κ3) is 5.39. The Bertz CT molecular complexity index is 163. The number of rotatable bonds is 5. The smallest absolute Gasteiger partial charge is 0.308 e. The predicted molar refractivity (Wildman–Crippen MR) is 50.3 cm³/mol. The Labute approximate surface area is 79.5 Å². The Hall–Kier alpha value is -0.860. The van der Waals surface area contributed by atoms with Crippen molar-refractivity contribution in [3.05, 3.63) is 0 Å². The first-order valence-corrected chi connectivity index (χ1v) is 4.64. The normalized spacial score (nSPS) is 10.6. The topological polar surface area (TPSA) is 43.4 Å². The van der Waals surface area contributed by atoms with E-state index in [0.29, 0.717) is 6.42 Å². The lowest BCUT2D eigenvalue weighted by atomic mass is 10.1. The second kappa shape index (κ2) is 5.73. The summed E-state index contributed by atoms with van der Waals surface area (Å²) in [5, 5.41) is 0. The van der Waals surface area contributed by atoms with E-state index >= 15 is 0 Å². The second-order valence-corrected chi connectivity index (χ2v) is 3.69. The first-order chi connectivity index (χ1) is 5.95. The molecular formula is C10H18O3. The van der Waals surface area contributed by atoms with Gasteiger partial charge in [0.15, 0.2) is 0 Å². The minimum Gasteiger partial charge on any atom is -0.465 e. The van der Waals surface area contributed by atoms with Crippen molar-refractivity contribution in [2.24, 2.45) is 11.8 Å². The molecular weight excluding hydrogens is 168 g/mol. The molecule has 0 bridgehead atoms. The van der Waals surface area contributed by atoms with Gasteiger partial charge in [-0.3, -0.25) is 9.59 Å². The van der Waals surface area contributed by atoms with Crippen LogP contribution in [0.4, 0.5) is 0 Å². The third-order valence-corrected chi connectivity index (χ3v) is 1.71. The fourth-order valence-electron chi connectivity index (χ4n) is 0.708. The first kappa shape index (κ1) is 12.1. The molecule has 0 spiro atoms. The molecule has 0 atom stereocenters. The van der Waals surface area contributed by atoms with Gasteiger partial charge in [0.2, 0.25) is 0 Å². The Kier molecular flexibility index (Phi) is 5.35. The average Bonchev–Trinajstić information content (AvgIpc) is 2.03. The van der Waals surface area contributed by atoms with Gasteiger partial charge >= 0.3 is 5.97 Å². The molecule has 3 heteroatoms. The van der Waals surface area contributed by atoms with Crippen molar-refractivity contribution in [1.29, 1.82) is 0 Å². The molecule has 0 saturated heterocycles. The predicted octanol–water partition coefficient (Wildman–Crippen LogP) is 1.80. The molecule has 0 aliphatic heterocycles. The molecule has 0 radical (unpaired) electrons. The molecule has 13 heavy (non-hydrogen) atoms. The van der Waals surface area contributed by atoms with Crippen LogP contribution in [0, 0.1) is 11.8 Å². The number of carbonyl (C=O) groups excluding carboxylic acids is 2. The fourth-order valence-corrected chi connectivity index (χ4v) is 0.708. The van der Waals surface area contributed by atoms with E-state index in [4.69, 9.17) is 4.74 Å². The van der Waals surface area contributed by atoms with Gasteiger partial charge < -0.3 is 4.74 Å². The molecule has 76 valence electrons. The van der Waals surface area contributed by atoms with E-state index in [1.165, 1.54) is 0 Å². The van der Waals surface area contributed by atoms with Crippen molar-refractivity contribution >= 4 is 11.8 Å². The Morgan fingerprint density at radius 2 is 1.62 bits per heavy atom. The van der Waals surface area contributed by atoms with Crippen LogP contribution in [0.15, 0.2) is 0 Å². The van der Waals surface area contributed by atoms with Gasteiger partial charge in [-0.05, 0) is 0 Å². The van der Waals surface area contributed by atoms with Crippen LogP contribution in [-0.2, 0) is 14.3 Å². The number of carbonyl (C=O) groups is 2. The lowest BCUT2D eigenvalue weighted by molar-refractivity contribution is -0.147. The zero-order chi connectivity index (χ0) is 10.4. The van der Waals surface area contributed by atoms with Gasteiger partial charge in [0.25, 0.3) is 0 Å². The molecule has 0 saturated carbocycles. The van der Waals surface area contributed by atoms with Crippen molar-refractivity contribution in [3.8, 4) is 0 Å². The largest absolute Gasteiger partial charge is 0.465 e. The lowest BCUT2D eigenvalue weighted by Crippen LogP contribution is -2.16. The summed E-state index contributed by atoms with van der Waals surface area (Å²) in [6.45, 7) is 7.44. The number of ether oxygens (including phenoxy) is 1. The van der Waals surface area contributed by atoms with Gasteiger partial charge in [0.1, 0.15) is 5.78 Å². The van der Waals surface area contributed by atoms with Gasteiger partial charge in [-0.15, -0.1) is 0 Å². The molecule has 0 aliphatic rings. The van der Waals surface area contributed by atoms with Gasteiger partial charge in [-0.2, -0.15) is 0 Å². The monoisotopic (exact) mass is 186 g/mol. The molecule has 0 N–H and O–H groups in total. The maximum atomic E-state index is 11.1. The lowest BCUT2D eigenvalue weighted by Gasteiger charge is -2.07. The van der Waals surface area contributed by atoms with Crippen LogP contribution >= 0.6 is 0 Å². The summed E-state index contributed by atoms with van der Waals surface area (Å²) in [6.07, 6.45) is 0.329. The van der Waals surface area contributed by atoms with Crippen LogP contribution in [0.1, 0.15) is 34.1 Å². The molecule has 0 amide bonds. The highest BCUT2D eigenvalue weighted by atomic mass is 16.5. The molecule has 0 heterocycles. The maximum Gasteiger partial charge on any atom is 0.308 e. The summed E-state index contributed by atoms with van der Waals surface area (Å²) in [4.78, 5) is 22.1. The van der Waals surface area contributed by atoms with Crippen molar-refractivity contribution < 1.29 is 14.3 Å². The summed E-state index contributed by atoms with van der Waals surface area (Å²) < 4.78 is 4.86. The number of ketones is 1. The van der Waals surface area contributed by atoms with E-state index in [2.05, 4.69) is 0 Å². The molecule has 0 unspecified atom stereocenters. The summed E-state index contributed by atoms with van der Waals surface area (Å²) in [5.74, 6) is -0.194. The van der Waals surface area contributed by atoms with Gasteiger partial charge in [-0.1, -0.05) is 27.7 Å². The Balaban J connectivity index is 3.57. The van der Waals surface area contributed by atoms with Crippen LogP contribution in [0.3, 0.4) is 0 Å². The highest BCUT2D eigenvalue weighted by molar-refractivity contribution is 5.80. The first-order valence-electron chi connectivity index (χ1n) is 4.64. The van der Waals surface area contributed by atoms with E-state index in [9.17, 15) is 9.59 Å². The zero-order valence-corrected chi connectivity index (χ0v) is 8.79. The SMILES string of the molecule is CC(C)C(=O)CCOC(=O)C(C)C. The van der Waals surface area contributed by atoms with Crippen LogP contribution in [0.2, 0.25) is 0 Å². The zero-order valence-electron chi connectivity index (χ0n) is 8.79. The van der Waals surface area contributed by atoms with E-state index < -0.39 is 0 Å². The average molecular weight is 186 g/mol. The van der Waals surface area contributed by atoms with Crippen molar-refractivity contribution in [3.63, 3.8) is 0 Å². The molecule has 0 aromatic heterocycles. The standard InChI is InChI=1S/C10H18O3/c1-7(2)9(11)5-6-13-10(12)8(3)4/h7-8H,5-6H2,1-4H3. The quantitative estimate of drug-likeness (QED) is 0.615. The van der Waals surface area contributed by atoms with Crippen molar-refractivity contribution in [1.82, 2.24) is 0 Å². The molecule has 0 rings (SSSR count). The van der Waals surface area contributed by atoms with Gasteiger partial charge in [0.05, 0.1) is 12.5 Å². The highest BCUT2D eigenvalue weighted by Gasteiger charge is 2.10. The molecule has 0 aromatic rings. The van der Waals surface area contributed by atoms with Crippen molar-refractivity contribution in [2.45, 2.75) is 34.1 Å². The van der Waals surface area contributed by atoms with Gasteiger partial charge in [-0.25, -0.2) is 0 Å². The summed E-state index contributed by atoms with van der Waals surface area (Å²) in [6, 6.07) is 0. The van der Waals surface area contributed by atoms with E-state index in [0.717, 1.165) is 0 Å². The number of esters is 1. The third-order valence-electron chi connectivity index (χ3n) is 1.71. The van der Waals surface area contributed by atoms with Crippen LogP contribution in [0.5, 0.6) is 0 Å². The van der Waals surface area contributed by atoms with Crippen LogP contribution in [0.25, 0.3) is 0 Å². The molecule has 3 nitrogen and oxygen atoms in total. The number of hydrogen-bond acceptors (Lipinski definition) is 3. The molecule has 0 aromatic carbocycles. The van der Waals surface area contributed by atoms with Crippen LogP contribution in [-0.4, -0.2) is 18.4 Å².